The second kappa shape index (κ2) is 3.77. The van der Waals surface area contributed by atoms with E-state index in [0.29, 0.717) is 0 Å². The van der Waals surface area contributed by atoms with E-state index in [0.717, 1.165) is 12.2 Å². The Labute approximate surface area is 102 Å². The van der Waals surface area contributed by atoms with Crippen molar-refractivity contribution in [3.63, 3.8) is 0 Å². The lowest BCUT2D eigenvalue weighted by atomic mass is 9.93. The van der Waals surface area contributed by atoms with E-state index in [1.54, 1.807) is 0 Å². The monoisotopic (exact) mass is 221 g/mol. The van der Waals surface area contributed by atoms with Crippen LogP contribution in [-0.4, -0.2) is 0 Å². The van der Waals surface area contributed by atoms with Gasteiger partial charge in [0.1, 0.15) is 0 Å². The second-order valence-corrected chi connectivity index (χ2v) is 4.50. The van der Waals surface area contributed by atoms with Gasteiger partial charge in [-0.15, -0.1) is 0 Å². The Morgan fingerprint density at radius 3 is 2.41 bits per heavy atom. The molecule has 0 radical (unpaired) electrons. The largest absolute Gasteiger partial charge is 0.341 e. The van der Waals surface area contributed by atoms with Gasteiger partial charge in [0.2, 0.25) is 0 Å². The molecule has 0 N–H and O–H groups in total. The number of para-hydroxylation sites is 1. The third-order valence-electron chi connectivity index (χ3n) is 3.29. The van der Waals surface area contributed by atoms with Crippen molar-refractivity contribution in [3.05, 3.63) is 66.4 Å². The molecule has 0 unspecified atom stereocenters. The van der Waals surface area contributed by atoms with Gasteiger partial charge in [-0.2, -0.15) is 0 Å². The number of rotatable bonds is 1. The summed E-state index contributed by atoms with van der Waals surface area (Å²) in [6.45, 7) is 7.06. The van der Waals surface area contributed by atoms with E-state index in [4.69, 9.17) is 0 Å². The Bertz CT molecular complexity index is 584. The Kier molecular flexibility index (Phi) is 2.25. The van der Waals surface area contributed by atoms with Gasteiger partial charge in [0, 0.05) is 23.5 Å². The minimum absolute atomic E-state index is 0.919. The van der Waals surface area contributed by atoms with Crippen LogP contribution in [0.5, 0.6) is 0 Å². The van der Waals surface area contributed by atoms with Crippen LogP contribution in [0.15, 0.2) is 60.8 Å². The summed E-state index contributed by atoms with van der Waals surface area (Å²) in [5, 5.41) is 0. The number of benzene rings is 2. The van der Waals surface area contributed by atoms with E-state index in [9.17, 15) is 0 Å². The minimum atomic E-state index is 0.919. The molecule has 0 atom stereocenters. The van der Waals surface area contributed by atoms with Crippen molar-refractivity contribution in [2.45, 2.75) is 13.5 Å². The average Bonchev–Trinajstić information content (AvgIpc) is 2.37. The van der Waals surface area contributed by atoms with Crippen molar-refractivity contribution in [1.29, 1.82) is 0 Å². The summed E-state index contributed by atoms with van der Waals surface area (Å²) >= 11 is 0. The Morgan fingerprint density at radius 2 is 1.65 bits per heavy atom. The van der Waals surface area contributed by atoms with Gasteiger partial charge in [-0.3, -0.25) is 0 Å². The maximum Gasteiger partial charge on any atom is 0.0490 e. The molecule has 0 aliphatic carbocycles. The third-order valence-corrected chi connectivity index (χ3v) is 3.29. The topological polar surface area (TPSA) is 3.24 Å². The molecule has 0 saturated carbocycles. The molecular weight excluding hydrogens is 206 g/mol. The number of anilines is 1. The molecule has 0 spiro atoms. The summed E-state index contributed by atoms with van der Waals surface area (Å²) < 4.78 is 0. The molecule has 0 fully saturated rings. The van der Waals surface area contributed by atoms with Crippen molar-refractivity contribution < 1.29 is 0 Å². The van der Waals surface area contributed by atoms with Crippen molar-refractivity contribution in [1.82, 2.24) is 0 Å². The van der Waals surface area contributed by atoms with Crippen LogP contribution in [0, 0.1) is 0 Å². The zero-order valence-electron chi connectivity index (χ0n) is 9.98. The van der Waals surface area contributed by atoms with E-state index in [2.05, 4.69) is 66.9 Å². The molecule has 1 aliphatic rings. The van der Waals surface area contributed by atoms with Crippen LogP contribution in [0.4, 0.5) is 5.69 Å². The van der Waals surface area contributed by atoms with Crippen LogP contribution in [0.1, 0.15) is 12.5 Å². The lowest BCUT2D eigenvalue weighted by Gasteiger charge is -2.32. The van der Waals surface area contributed by atoms with E-state index in [1.165, 1.54) is 22.4 Å². The molecular formula is C16H15N. The van der Waals surface area contributed by atoms with Crippen LogP contribution in [0.25, 0.3) is 11.1 Å². The predicted octanol–water partition coefficient (Wildman–Crippen LogP) is 4.21. The molecule has 0 aromatic heterocycles. The van der Waals surface area contributed by atoms with Crippen LogP contribution in [0.2, 0.25) is 0 Å². The Morgan fingerprint density at radius 1 is 1.00 bits per heavy atom. The lowest BCUT2D eigenvalue weighted by Crippen LogP contribution is -2.23. The zero-order valence-corrected chi connectivity index (χ0v) is 9.98. The summed E-state index contributed by atoms with van der Waals surface area (Å²) in [5.74, 6) is 0. The summed E-state index contributed by atoms with van der Waals surface area (Å²) in [6, 6.07) is 17.1. The quantitative estimate of drug-likeness (QED) is 0.697. The molecule has 2 aromatic rings. The standard InChI is InChI=1S/C16H15N/c1-12(2)17-11-13-7-3-4-8-14(13)15-9-5-6-10-16(15)17/h3-10H,1,11H2,2H3. The molecule has 1 heterocycles. The molecule has 0 saturated heterocycles. The number of allylic oxidation sites excluding steroid dienone is 1. The first-order valence-electron chi connectivity index (χ1n) is 5.88. The zero-order chi connectivity index (χ0) is 11.8. The van der Waals surface area contributed by atoms with Crippen molar-refractivity contribution >= 4 is 5.69 Å². The number of fused-ring (bicyclic) bond motifs is 3. The van der Waals surface area contributed by atoms with Gasteiger partial charge in [0.25, 0.3) is 0 Å². The average molecular weight is 221 g/mol. The fraction of sp³-hybridized carbons (Fsp3) is 0.125. The van der Waals surface area contributed by atoms with E-state index < -0.39 is 0 Å². The first kappa shape index (κ1) is 10.2. The van der Waals surface area contributed by atoms with Gasteiger partial charge in [-0.25, -0.2) is 0 Å². The van der Waals surface area contributed by atoms with Crippen LogP contribution in [0.3, 0.4) is 0 Å². The van der Waals surface area contributed by atoms with Crippen molar-refractivity contribution in [3.8, 4) is 11.1 Å². The van der Waals surface area contributed by atoms with E-state index >= 15 is 0 Å². The van der Waals surface area contributed by atoms with Gasteiger partial charge >= 0.3 is 0 Å². The van der Waals surface area contributed by atoms with E-state index in [1.807, 2.05) is 0 Å². The highest BCUT2D eigenvalue weighted by Crippen LogP contribution is 2.39. The third kappa shape index (κ3) is 1.55. The minimum Gasteiger partial charge on any atom is -0.341 e. The van der Waals surface area contributed by atoms with Gasteiger partial charge < -0.3 is 4.90 Å². The highest BCUT2D eigenvalue weighted by molar-refractivity contribution is 5.84. The predicted molar refractivity (Wildman–Crippen MR) is 72.9 cm³/mol. The molecule has 2 aromatic carbocycles. The highest BCUT2D eigenvalue weighted by atomic mass is 15.1. The van der Waals surface area contributed by atoms with Crippen LogP contribution >= 0.6 is 0 Å². The van der Waals surface area contributed by atoms with Gasteiger partial charge in [0.05, 0.1) is 0 Å². The molecule has 3 rings (SSSR count). The Hall–Kier alpha value is -2.02. The molecule has 84 valence electrons. The summed E-state index contributed by atoms with van der Waals surface area (Å²) in [4.78, 5) is 2.28. The summed E-state index contributed by atoms with van der Waals surface area (Å²) in [7, 11) is 0. The molecule has 0 bridgehead atoms. The first-order chi connectivity index (χ1) is 8.27. The second-order valence-electron chi connectivity index (χ2n) is 4.50. The van der Waals surface area contributed by atoms with Gasteiger partial charge in [0.15, 0.2) is 0 Å². The van der Waals surface area contributed by atoms with Crippen molar-refractivity contribution in [2.24, 2.45) is 0 Å². The molecule has 1 aliphatic heterocycles. The number of nitrogens with zero attached hydrogens (tertiary/aromatic N) is 1. The van der Waals surface area contributed by atoms with E-state index in [-0.39, 0.29) is 0 Å². The van der Waals surface area contributed by atoms with Gasteiger partial charge in [-0.05, 0) is 24.1 Å². The fourth-order valence-corrected chi connectivity index (χ4v) is 2.45. The highest BCUT2D eigenvalue weighted by Gasteiger charge is 2.21. The Balaban J connectivity index is 2.26. The summed E-state index contributed by atoms with van der Waals surface area (Å²) in [6.07, 6.45) is 0. The SMILES string of the molecule is C=C(C)N1Cc2ccccc2-c2ccccc21. The normalized spacial score (nSPS) is 12.9. The maximum atomic E-state index is 4.08. The molecule has 0 amide bonds. The van der Waals surface area contributed by atoms with Crippen LogP contribution < -0.4 is 4.90 Å². The fourth-order valence-electron chi connectivity index (χ4n) is 2.45. The summed E-state index contributed by atoms with van der Waals surface area (Å²) in [5.41, 5.74) is 6.37. The molecule has 1 nitrogen and oxygen atoms in total. The lowest BCUT2D eigenvalue weighted by molar-refractivity contribution is 0.905. The molecule has 17 heavy (non-hydrogen) atoms. The molecule has 1 heteroatoms. The van der Waals surface area contributed by atoms with Gasteiger partial charge in [-0.1, -0.05) is 49.0 Å². The first-order valence-corrected chi connectivity index (χ1v) is 5.88. The van der Waals surface area contributed by atoms with Crippen LogP contribution in [-0.2, 0) is 6.54 Å². The smallest absolute Gasteiger partial charge is 0.0490 e. The number of hydrogen-bond acceptors (Lipinski definition) is 1. The maximum absolute atomic E-state index is 4.08. The number of hydrogen-bond donors (Lipinski definition) is 0. The van der Waals surface area contributed by atoms with Crippen molar-refractivity contribution in [2.75, 3.05) is 4.90 Å².